The summed E-state index contributed by atoms with van der Waals surface area (Å²) in [6.45, 7) is 4.91. The van der Waals surface area contributed by atoms with E-state index in [1.54, 1.807) is 0 Å². The Labute approximate surface area is 109 Å². The first kappa shape index (κ1) is 13.1. The van der Waals surface area contributed by atoms with Gasteiger partial charge in [0.25, 0.3) is 0 Å². The van der Waals surface area contributed by atoms with Crippen LogP contribution in [0.15, 0.2) is 24.3 Å². The highest BCUT2D eigenvalue weighted by atomic mass is 16.5. The van der Waals surface area contributed by atoms with Crippen molar-refractivity contribution in [2.45, 2.75) is 26.3 Å². The van der Waals surface area contributed by atoms with Crippen molar-refractivity contribution in [2.75, 3.05) is 20.2 Å². The highest BCUT2D eigenvalue weighted by Gasteiger charge is 2.26. The fourth-order valence-electron chi connectivity index (χ4n) is 2.51. The monoisotopic (exact) mass is 247 g/mol. The molecule has 0 radical (unpaired) electrons. The molecule has 98 valence electrons. The number of benzene rings is 1. The number of carbonyl (C=O) groups excluding carboxylic acids is 1. The largest absolute Gasteiger partial charge is 0.469 e. The zero-order valence-corrected chi connectivity index (χ0v) is 11.2. The number of ether oxygens (including phenoxy) is 1. The third-order valence-corrected chi connectivity index (χ3v) is 3.57. The van der Waals surface area contributed by atoms with Gasteiger partial charge in [0.2, 0.25) is 0 Å². The zero-order chi connectivity index (χ0) is 13.0. The fraction of sp³-hybridized carbons (Fsp3) is 0.533. The van der Waals surface area contributed by atoms with Gasteiger partial charge in [0.1, 0.15) is 0 Å². The van der Waals surface area contributed by atoms with Crippen LogP contribution in [0.5, 0.6) is 0 Å². The lowest BCUT2D eigenvalue weighted by molar-refractivity contribution is -0.147. The number of aryl methyl sites for hydroxylation is 1. The van der Waals surface area contributed by atoms with E-state index in [4.69, 9.17) is 4.74 Å². The first-order valence-corrected chi connectivity index (χ1v) is 6.55. The van der Waals surface area contributed by atoms with E-state index in [1.165, 1.54) is 18.2 Å². The van der Waals surface area contributed by atoms with Crippen molar-refractivity contribution in [3.05, 3.63) is 35.4 Å². The summed E-state index contributed by atoms with van der Waals surface area (Å²) in [5, 5.41) is 0. The van der Waals surface area contributed by atoms with E-state index in [0.29, 0.717) is 0 Å². The number of hydrogen-bond acceptors (Lipinski definition) is 3. The Kier molecular flexibility index (Phi) is 4.37. The molecule has 2 rings (SSSR count). The Morgan fingerprint density at radius 1 is 1.39 bits per heavy atom. The number of hydrogen-bond donors (Lipinski definition) is 0. The van der Waals surface area contributed by atoms with E-state index < -0.39 is 0 Å². The third-order valence-electron chi connectivity index (χ3n) is 3.57. The van der Waals surface area contributed by atoms with Gasteiger partial charge in [0.15, 0.2) is 0 Å². The molecule has 0 amide bonds. The second-order valence-electron chi connectivity index (χ2n) is 5.08. The Morgan fingerprint density at radius 2 is 2.11 bits per heavy atom. The van der Waals surface area contributed by atoms with Gasteiger partial charge in [-0.2, -0.15) is 0 Å². The van der Waals surface area contributed by atoms with Crippen molar-refractivity contribution in [1.29, 1.82) is 0 Å². The van der Waals surface area contributed by atoms with E-state index in [1.807, 2.05) is 0 Å². The lowest BCUT2D eigenvalue weighted by Crippen LogP contribution is -2.38. The summed E-state index contributed by atoms with van der Waals surface area (Å²) in [5.41, 5.74) is 2.59. The molecule has 1 aromatic carbocycles. The normalized spacial score (nSPS) is 20.7. The zero-order valence-electron chi connectivity index (χ0n) is 11.2. The summed E-state index contributed by atoms with van der Waals surface area (Å²) in [7, 11) is 1.47. The summed E-state index contributed by atoms with van der Waals surface area (Å²) >= 11 is 0. The molecule has 0 spiro atoms. The van der Waals surface area contributed by atoms with Gasteiger partial charge < -0.3 is 4.74 Å². The predicted octanol–water partition coefficient (Wildman–Crippen LogP) is 2.38. The molecule has 1 atom stereocenters. The van der Waals surface area contributed by atoms with Gasteiger partial charge in [-0.15, -0.1) is 0 Å². The van der Waals surface area contributed by atoms with Crippen LogP contribution in [0.1, 0.15) is 24.0 Å². The lowest BCUT2D eigenvalue weighted by atomic mass is 9.97. The summed E-state index contributed by atoms with van der Waals surface area (Å²) in [6.07, 6.45) is 2.03. The van der Waals surface area contributed by atoms with Gasteiger partial charge in [-0.05, 0) is 31.9 Å². The number of rotatable bonds is 3. The predicted molar refractivity (Wildman–Crippen MR) is 71.2 cm³/mol. The summed E-state index contributed by atoms with van der Waals surface area (Å²) in [4.78, 5) is 13.9. The van der Waals surface area contributed by atoms with Crippen LogP contribution in [0, 0.1) is 12.8 Å². The number of methoxy groups -OCH3 is 1. The highest BCUT2D eigenvalue weighted by Crippen LogP contribution is 2.19. The topological polar surface area (TPSA) is 29.5 Å². The van der Waals surface area contributed by atoms with Crippen molar-refractivity contribution >= 4 is 5.97 Å². The van der Waals surface area contributed by atoms with Crippen LogP contribution in [0.25, 0.3) is 0 Å². The van der Waals surface area contributed by atoms with Crippen molar-refractivity contribution in [3.63, 3.8) is 0 Å². The first-order valence-electron chi connectivity index (χ1n) is 6.55. The smallest absolute Gasteiger partial charge is 0.309 e. The Balaban J connectivity index is 1.93. The standard InChI is InChI=1S/C15H21NO2/c1-12-5-7-13(8-6-12)10-16-9-3-4-14(11-16)15(17)18-2/h5-8,14H,3-4,9-11H2,1-2H3/t14-/m0/s1. The molecule has 18 heavy (non-hydrogen) atoms. The Hall–Kier alpha value is -1.35. The Morgan fingerprint density at radius 3 is 2.78 bits per heavy atom. The van der Waals surface area contributed by atoms with E-state index in [2.05, 4.69) is 36.1 Å². The maximum Gasteiger partial charge on any atom is 0.309 e. The quantitative estimate of drug-likeness (QED) is 0.768. The van der Waals surface area contributed by atoms with Crippen LogP contribution in [-0.4, -0.2) is 31.1 Å². The first-order chi connectivity index (χ1) is 8.69. The molecule has 3 nitrogen and oxygen atoms in total. The average molecular weight is 247 g/mol. The van der Waals surface area contributed by atoms with Crippen LogP contribution in [-0.2, 0) is 16.1 Å². The second kappa shape index (κ2) is 6.01. The number of esters is 1. The van der Waals surface area contributed by atoms with Gasteiger partial charge in [0.05, 0.1) is 13.0 Å². The summed E-state index contributed by atoms with van der Waals surface area (Å²) < 4.78 is 4.84. The number of carbonyl (C=O) groups is 1. The van der Waals surface area contributed by atoms with Crippen molar-refractivity contribution < 1.29 is 9.53 Å². The van der Waals surface area contributed by atoms with Crippen LogP contribution in [0.3, 0.4) is 0 Å². The molecule has 0 aromatic heterocycles. The van der Waals surface area contributed by atoms with Crippen LogP contribution >= 0.6 is 0 Å². The fourth-order valence-corrected chi connectivity index (χ4v) is 2.51. The molecule has 1 aliphatic heterocycles. The van der Waals surface area contributed by atoms with Gasteiger partial charge in [-0.25, -0.2) is 0 Å². The minimum Gasteiger partial charge on any atom is -0.469 e. The number of likely N-dealkylation sites (tertiary alicyclic amines) is 1. The van der Waals surface area contributed by atoms with Gasteiger partial charge in [-0.1, -0.05) is 29.8 Å². The summed E-state index contributed by atoms with van der Waals surface area (Å²) in [6, 6.07) is 8.60. The Bertz CT molecular complexity index is 399. The maximum atomic E-state index is 11.6. The molecule has 1 aromatic rings. The SMILES string of the molecule is COC(=O)[C@H]1CCCN(Cc2ccc(C)cc2)C1. The molecule has 1 heterocycles. The van der Waals surface area contributed by atoms with Crippen molar-refractivity contribution in [3.8, 4) is 0 Å². The van der Waals surface area contributed by atoms with Gasteiger partial charge >= 0.3 is 5.97 Å². The molecule has 0 unspecified atom stereocenters. The summed E-state index contributed by atoms with van der Waals surface area (Å²) in [5.74, 6) is -0.0159. The van der Waals surface area contributed by atoms with Gasteiger partial charge in [-0.3, -0.25) is 9.69 Å². The van der Waals surface area contributed by atoms with E-state index >= 15 is 0 Å². The average Bonchev–Trinajstić information content (AvgIpc) is 2.41. The number of nitrogens with zero attached hydrogens (tertiary/aromatic N) is 1. The molecular weight excluding hydrogens is 226 g/mol. The molecule has 3 heteroatoms. The molecule has 1 saturated heterocycles. The molecule has 1 aliphatic rings. The van der Waals surface area contributed by atoms with Crippen LogP contribution in [0.4, 0.5) is 0 Å². The van der Waals surface area contributed by atoms with E-state index in [0.717, 1.165) is 32.5 Å². The molecule has 0 N–H and O–H groups in total. The van der Waals surface area contributed by atoms with Crippen LogP contribution in [0.2, 0.25) is 0 Å². The van der Waals surface area contributed by atoms with Crippen molar-refractivity contribution in [2.24, 2.45) is 5.92 Å². The molecule has 0 aliphatic carbocycles. The highest BCUT2D eigenvalue weighted by molar-refractivity contribution is 5.72. The minimum atomic E-state index is -0.0661. The molecule has 1 fully saturated rings. The van der Waals surface area contributed by atoms with Gasteiger partial charge in [0, 0.05) is 13.1 Å². The molecular formula is C15H21NO2. The third kappa shape index (κ3) is 3.33. The van der Waals surface area contributed by atoms with E-state index in [9.17, 15) is 4.79 Å². The van der Waals surface area contributed by atoms with Crippen LogP contribution < -0.4 is 0 Å². The number of piperidine rings is 1. The minimum absolute atomic E-state index is 0.0502. The lowest BCUT2D eigenvalue weighted by Gasteiger charge is -2.31. The maximum absolute atomic E-state index is 11.6. The van der Waals surface area contributed by atoms with E-state index in [-0.39, 0.29) is 11.9 Å². The molecule has 0 saturated carbocycles. The molecule has 0 bridgehead atoms. The van der Waals surface area contributed by atoms with Crippen molar-refractivity contribution in [1.82, 2.24) is 4.90 Å². The second-order valence-corrected chi connectivity index (χ2v) is 5.08.